The monoisotopic (exact) mass is 406 g/mol. The normalized spacial score (nSPS) is 16.0. The molecule has 6 nitrogen and oxygen atoms in total. The van der Waals surface area contributed by atoms with Gasteiger partial charge in [0, 0.05) is 28.8 Å². The lowest BCUT2D eigenvalue weighted by molar-refractivity contribution is -0.127. The molecule has 30 heavy (non-hydrogen) atoms. The van der Waals surface area contributed by atoms with E-state index in [0.29, 0.717) is 24.3 Å². The van der Waals surface area contributed by atoms with Crippen molar-refractivity contribution >= 4 is 22.5 Å². The van der Waals surface area contributed by atoms with Crippen LogP contribution in [0.2, 0.25) is 0 Å². The van der Waals surface area contributed by atoms with Crippen molar-refractivity contribution in [1.82, 2.24) is 4.98 Å². The molecule has 1 amide bonds. The Morgan fingerprint density at radius 3 is 2.73 bits per heavy atom. The Bertz CT molecular complexity index is 1150. The first kappa shape index (κ1) is 20.2. The first-order chi connectivity index (χ1) is 14.5. The fourth-order valence-electron chi connectivity index (χ4n) is 3.98. The smallest absolute Gasteiger partial charge is 0.256 e. The zero-order chi connectivity index (χ0) is 21.3. The lowest BCUT2D eigenvalue weighted by Crippen LogP contribution is -2.40. The van der Waals surface area contributed by atoms with Crippen molar-refractivity contribution in [3.8, 4) is 5.75 Å². The molecule has 1 aromatic heterocycles. The number of methoxy groups -OCH3 is 1. The highest BCUT2D eigenvalue weighted by molar-refractivity contribution is 5.97. The number of aromatic amines is 1. The molecule has 2 heterocycles. The summed E-state index contributed by atoms with van der Waals surface area (Å²) in [5, 5.41) is 0.856. The average molecular weight is 406 g/mol. The van der Waals surface area contributed by atoms with Crippen LogP contribution in [0, 0.1) is 13.8 Å². The average Bonchev–Trinajstić information content (AvgIpc) is 3.27. The molecule has 6 heteroatoms. The molecule has 0 spiro atoms. The molecule has 1 aliphatic rings. The van der Waals surface area contributed by atoms with Crippen molar-refractivity contribution in [3.05, 3.63) is 69.5 Å². The largest absolute Gasteiger partial charge is 0.497 e. The van der Waals surface area contributed by atoms with E-state index in [2.05, 4.69) is 4.98 Å². The predicted octanol–water partition coefficient (Wildman–Crippen LogP) is 3.87. The maximum Gasteiger partial charge on any atom is 0.256 e. The Morgan fingerprint density at radius 1 is 1.20 bits per heavy atom. The lowest BCUT2D eigenvalue weighted by atomic mass is 10.1. The Kier molecular flexibility index (Phi) is 5.59. The number of hydrogen-bond donors (Lipinski definition) is 1. The molecule has 0 aliphatic carbocycles. The van der Waals surface area contributed by atoms with E-state index in [1.807, 2.05) is 50.2 Å². The number of fused-ring (bicyclic) bond motifs is 1. The van der Waals surface area contributed by atoms with Crippen LogP contribution in [0.5, 0.6) is 5.75 Å². The minimum Gasteiger partial charge on any atom is -0.497 e. The standard InChI is InChI=1S/C24H26N2O4/c1-15-6-9-21(16(2)11-15)26(24(28)22-5-4-10-30-22)14-18-12-17-13-19(29-3)7-8-20(17)25-23(18)27/h6-9,11-13,22H,4-5,10,14H2,1-3H3,(H,25,27)/t22-/m1/s1. The molecule has 1 fully saturated rings. The second-order valence-corrected chi connectivity index (χ2v) is 7.79. The Hall–Kier alpha value is -3.12. The van der Waals surface area contributed by atoms with Gasteiger partial charge in [-0.05, 0) is 62.6 Å². The van der Waals surface area contributed by atoms with Crippen LogP contribution in [0.15, 0.2) is 47.3 Å². The van der Waals surface area contributed by atoms with Gasteiger partial charge in [-0.3, -0.25) is 9.59 Å². The van der Waals surface area contributed by atoms with Crippen molar-refractivity contribution < 1.29 is 14.3 Å². The fourth-order valence-corrected chi connectivity index (χ4v) is 3.98. The molecule has 3 aromatic rings. The number of hydrogen-bond acceptors (Lipinski definition) is 4. The summed E-state index contributed by atoms with van der Waals surface area (Å²) >= 11 is 0. The summed E-state index contributed by atoms with van der Waals surface area (Å²) in [4.78, 5) is 30.7. The maximum atomic E-state index is 13.3. The van der Waals surface area contributed by atoms with Gasteiger partial charge < -0.3 is 19.4 Å². The van der Waals surface area contributed by atoms with Crippen molar-refractivity contribution in [3.63, 3.8) is 0 Å². The molecule has 1 atom stereocenters. The van der Waals surface area contributed by atoms with Gasteiger partial charge in [0.2, 0.25) is 0 Å². The molecular weight excluding hydrogens is 380 g/mol. The molecule has 0 unspecified atom stereocenters. The molecule has 2 aromatic carbocycles. The number of rotatable bonds is 5. The first-order valence-corrected chi connectivity index (χ1v) is 10.2. The van der Waals surface area contributed by atoms with Crippen molar-refractivity contribution in [2.45, 2.75) is 39.3 Å². The van der Waals surface area contributed by atoms with Gasteiger partial charge >= 0.3 is 0 Å². The van der Waals surface area contributed by atoms with E-state index in [9.17, 15) is 9.59 Å². The highest BCUT2D eigenvalue weighted by Crippen LogP contribution is 2.27. The molecule has 156 valence electrons. The van der Waals surface area contributed by atoms with Gasteiger partial charge in [0.1, 0.15) is 11.9 Å². The van der Waals surface area contributed by atoms with Gasteiger partial charge in [-0.15, -0.1) is 0 Å². The van der Waals surface area contributed by atoms with Crippen molar-refractivity contribution in [2.75, 3.05) is 18.6 Å². The number of benzene rings is 2. The van der Waals surface area contributed by atoms with Gasteiger partial charge in [0.25, 0.3) is 11.5 Å². The van der Waals surface area contributed by atoms with Gasteiger partial charge in [-0.1, -0.05) is 17.7 Å². The number of pyridine rings is 1. The fraction of sp³-hybridized carbons (Fsp3) is 0.333. The van der Waals surface area contributed by atoms with Gasteiger partial charge in [-0.2, -0.15) is 0 Å². The van der Waals surface area contributed by atoms with Crippen LogP contribution < -0.4 is 15.2 Å². The quantitative estimate of drug-likeness (QED) is 0.698. The number of carbonyl (C=O) groups excluding carboxylic acids is 1. The number of anilines is 1. The number of amides is 1. The molecule has 0 saturated carbocycles. The number of aromatic nitrogens is 1. The van der Waals surface area contributed by atoms with Crippen LogP contribution in [0.3, 0.4) is 0 Å². The molecule has 0 bridgehead atoms. The number of carbonyl (C=O) groups is 1. The van der Waals surface area contributed by atoms with E-state index in [1.54, 1.807) is 18.1 Å². The Labute approximate surface area is 175 Å². The molecule has 0 radical (unpaired) electrons. The summed E-state index contributed by atoms with van der Waals surface area (Å²) in [5.41, 5.74) is 3.95. The van der Waals surface area contributed by atoms with Gasteiger partial charge in [0.15, 0.2) is 0 Å². The van der Waals surface area contributed by atoms with E-state index < -0.39 is 6.10 Å². The summed E-state index contributed by atoms with van der Waals surface area (Å²) in [6.07, 6.45) is 1.10. The van der Waals surface area contributed by atoms with Crippen LogP contribution in [-0.2, 0) is 16.1 Å². The minimum absolute atomic E-state index is 0.107. The van der Waals surface area contributed by atoms with E-state index in [1.165, 1.54) is 0 Å². The molecule has 1 saturated heterocycles. The molecule has 1 N–H and O–H groups in total. The summed E-state index contributed by atoms with van der Waals surface area (Å²) < 4.78 is 11.0. The Morgan fingerprint density at radius 2 is 2.03 bits per heavy atom. The van der Waals surface area contributed by atoms with Gasteiger partial charge in [-0.25, -0.2) is 0 Å². The number of aryl methyl sites for hydroxylation is 2. The van der Waals surface area contributed by atoms with Crippen LogP contribution in [0.1, 0.15) is 29.5 Å². The summed E-state index contributed by atoms with van der Waals surface area (Å²) in [6, 6.07) is 13.3. The van der Waals surface area contributed by atoms with E-state index in [0.717, 1.165) is 34.1 Å². The Balaban J connectivity index is 1.76. The number of nitrogens with one attached hydrogen (secondary N) is 1. The van der Waals surface area contributed by atoms with Crippen molar-refractivity contribution in [1.29, 1.82) is 0 Å². The third-order valence-electron chi connectivity index (χ3n) is 5.57. The highest BCUT2D eigenvalue weighted by atomic mass is 16.5. The first-order valence-electron chi connectivity index (χ1n) is 10.2. The number of nitrogens with zero attached hydrogens (tertiary/aromatic N) is 1. The zero-order valence-corrected chi connectivity index (χ0v) is 17.5. The molecule has 1 aliphatic heterocycles. The van der Waals surface area contributed by atoms with Crippen LogP contribution in [-0.4, -0.2) is 30.7 Å². The maximum absolute atomic E-state index is 13.3. The van der Waals surface area contributed by atoms with Crippen molar-refractivity contribution in [2.24, 2.45) is 0 Å². The molecule has 4 rings (SSSR count). The number of H-pyrrole nitrogens is 1. The van der Waals surface area contributed by atoms with Crippen LogP contribution >= 0.6 is 0 Å². The molecular formula is C24H26N2O4. The minimum atomic E-state index is -0.467. The summed E-state index contributed by atoms with van der Waals surface area (Å²) in [5.74, 6) is 0.603. The number of ether oxygens (including phenoxy) is 2. The van der Waals surface area contributed by atoms with Crippen LogP contribution in [0.4, 0.5) is 5.69 Å². The second kappa shape index (κ2) is 8.32. The summed E-state index contributed by atoms with van der Waals surface area (Å²) in [7, 11) is 1.61. The lowest BCUT2D eigenvalue weighted by Gasteiger charge is -2.27. The predicted molar refractivity (Wildman–Crippen MR) is 117 cm³/mol. The van der Waals surface area contributed by atoms with E-state index in [4.69, 9.17) is 9.47 Å². The van der Waals surface area contributed by atoms with Gasteiger partial charge in [0.05, 0.1) is 13.7 Å². The zero-order valence-electron chi connectivity index (χ0n) is 17.5. The second-order valence-electron chi connectivity index (χ2n) is 7.79. The highest BCUT2D eigenvalue weighted by Gasteiger charge is 2.30. The third-order valence-corrected chi connectivity index (χ3v) is 5.57. The SMILES string of the molecule is COc1ccc2[nH]c(=O)c(CN(C(=O)[C@H]3CCCO3)c3ccc(C)cc3C)cc2c1. The summed E-state index contributed by atoms with van der Waals surface area (Å²) in [6.45, 7) is 4.76. The van der Waals surface area contributed by atoms with E-state index in [-0.39, 0.29) is 18.0 Å². The topological polar surface area (TPSA) is 71.6 Å². The third kappa shape index (κ3) is 3.96. The van der Waals surface area contributed by atoms with E-state index >= 15 is 0 Å². The van der Waals surface area contributed by atoms with Crippen LogP contribution in [0.25, 0.3) is 10.9 Å².